The quantitative estimate of drug-likeness (QED) is 0.341. The molecule has 1 unspecified atom stereocenters. The van der Waals surface area contributed by atoms with Crippen LogP contribution in [0.4, 0.5) is 17.6 Å². The van der Waals surface area contributed by atoms with Crippen LogP contribution in [0.15, 0.2) is 47.3 Å². The lowest BCUT2D eigenvalue weighted by Gasteiger charge is -2.39. The molecule has 172 valence electrons. The lowest BCUT2D eigenvalue weighted by molar-refractivity contribution is -0.138. The molecule has 1 aromatic rings. The van der Waals surface area contributed by atoms with Crippen molar-refractivity contribution in [2.75, 3.05) is 6.61 Å². The van der Waals surface area contributed by atoms with Crippen molar-refractivity contribution in [3.05, 3.63) is 69.3 Å². The number of hydrogen-bond acceptors (Lipinski definition) is 4. The van der Waals surface area contributed by atoms with Gasteiger partial charge >= 0.3 is 12.1 Å². The summed E-state index contributed by atoms with van der Waals surface area (Å²) in [5.41, 5.74) is -1.92. The number of carbonyl (C=O) groups excluding carboxylic acids is 2. The molecule has 0 saturated heterocycles. The molecular weight excluding hydrogens is 450 g/mol. The molecule has 1 aliphatic heterocycles. The Hall–Kier alpha value is -2.61. The first kappa shape index (κ1) is 24.0. The summed E-state index contributed by atoms with van der Waals surface area (Å²) in [5.74, 6) is -3.81. The SMILES string of the molecule is C=CCOC(=O)C1=C(C)NC2=C(C(=O)C(C)(C)CC2)C1c1cc(C(F)(F)F)cc(Cl)c1F. The summed E-state index contributed by atoms with van der Waals surface area (Å²) >= 11 is 5.82. The minimum atomic E-state index is -4.81. The highest BCUT2D eigenvalue weighted by Gasteiger charge is 2.46. The molecule has 9 heteroatoms. The summed E-state index contributed by atoms with van der Waals surface area (Å²) in [5, 5.41) is 2.25. The minimum absolute atomic E-state index is 0.0479. The zero-order valence-electron chi connectivity index (χ0n) is 17.8. The van der Waals surface area contributed by atoms with E-state index in [4.69, 9.17) is 16.3 Å². The summed E-state index contributed by atoms with van der Waals surface area (Å²) in [6.45, 7) is 8.22. The van der Waals surface area contributed by atoms with E-state index in [1.165, 1.54) is 13.0 Å². The van der Waals surface area contributed by atoms with Crippen molar-refractivity contribution in [1.82, 2.24) is 5.32 Å². The van der Waals surface area contributed by atoms with Crippen LogP contribution >= 0.6 is 11.6 Å². The van der Waals surface area contributed by atoms with Gasteiger partial charge in [-0.3, -0.25) is 4.79 Å². The molecule has 0 radical (unpaired) electrons. The Kier molecular flexibility index (Phi) is 6.30. The average molecular weight is 472 g/mol. The van der Waals surface area contributed by atoms with Crippen molar-refractivity contribution in [3.63, 3.8) is 0 Å². The Bertz CT molecular complexity index is 1070. The second-order valence-corrected chi connectivity index (χ2v) is 8.86. The second kappa shape index (κ2) is 8.39. The molecule has 32 heavy (non-hydrogen) atoms. The van der Waals surface area contributed by atoms with E-state index in [2.05, 4.69) is 11.9 Å². The lowest BCUT2D eigenvalue weighted by atomic mass is 9.67. The zero-order valence-corrected chi connectivity index (χ0v) is 18.5. The highest BCUT2D eigenvalue weighted by molar-refractivity contribution is 6.31. The van der Waals surface area contributed by atoms with Gasteiger partial charge in [-0.25, -0.2) is 9.18 Å². The Morgan fingerprint density at radius 1 is 1.38 bits per heavy atom. The van der Waals surface area contributed by atoms with E-state index >= 15 is 4.39 Å². The Labute approximate surface area is 188 Å². The molecule has 1 aliphatic carbocycles. The third-order valence-corrected chi connectivity index (χ3v) is 6.03. The summed E-state index contributed by atoms with van der Waals surface area (Å²) in [7, 11) is 0. The van der Waals surface area contributed by atoms with Crippen molar-refractivity contribution >= 4 is 23.4 Å². The van der Waals surface area contributed by atoms with Gasteiger partial charge in [0.1, 0.15) is 12.4 Å². The maximum atomic E-state index is 15.2. The summed E-state index contributed by atoms with van der Waals surface area (Å²) in [4.78, 5) is 26.3. The van der Waals surface area contributed by atoms with Crippen molar-refractivity contribution < 1.29 is 31.9 Å². The van der Waals surface area contributed by atoms with Crippen LogP contribution in [0, 0.1) is 11.2 Å². The van der Waals surface area contributed by atoms with Crippen molar-refractivity contribution in [2.45, 2.75) is 45.7 Å². The number of halogens is 5. The van der Waals surface area contributed by atoms with E-state index in [9.17, 15) is 22.8 Å². The molecule has 2 aliphatic rings. The van der Waals surface area contributed by atoms with E-state index < -0.39 is 45.4 Å². The number of rotatable bonds is 4. The van der Waals surface area contributed by atoms with E-state index in [-0.39, 0.29) is 29.2 Å². The Morgan fingerprint density at radius 2 is 2.03 bits per heavy atom. The third kappa shape index (κ3) is 4.20. The van der Waals surface area contributed by atoms with Crippen LogP contribution in [-0.4, -0.2) is 18.4 Å². The topological polar surface area (TPSA) is 55.4 Å². The number of carbonyl (C=O) groups is 2. The monoisotopic (exact) mass is 471 g/mol. The van der Waals surface area contributed by atoms with Gasteiger partial charge in [0, 0.05) is 27.9 Å². The first-order valence-electron chi connectivity index (χ1n) is 9.89. The zero-order chi connectivity index (χ0) is 24.0. The van der Waals surface area contributed by atoms with Crippen LogP contribution in [0.3, 0.4) is 0 Å². The van der Waals surface area contributed by atoms with E-state index in [0.717, 1.165) is 0 Å². The molecule has 0 aromatic heterocycles. The predicted octanol–water partition coefficient (Wildman–Crippen LogP) is 5.83. The van der Waals surface area contributed by atoms with Gasteiger partial charge in [0.15, 0.2) is 5.78 Å². The Morgan fingerprint density at radius 3 is 2.62 bits per heavy atom. The van der Waals surface area contributed by atoms with E-state index in [0.29, 0.717) is 30.7 Å². The fraction of sp³-hybridized carbons (Fsp3) is 0.391. The molecule has 0 saturated carbocycles. The van der Waals surface area contributed by atoms with Crippen LogP contribution in [-0.2, 0) is 20.5 Å². The maximum Gasteiger partial charge on any atom is 0.416 e. The summed E-state index contributed by atoms with van der Waals surface area (Å²) in [6, 6.07) is 1.08. The van der Waals surface area contributed by atoms with Crippen LogP contribution in [0.5, 0.6) is 0 Å². The largest absolute Gasteiger partial charge is 0.458 e. The molecule has 1 heterocycles. The fourth-order valence-electron chi connectivity index (χ4n) is 4.06. The minimum Gasteiger partial charge on any atom is -0.458 e. The first-order valence-corrected chi connectivity index (χ1v) is 10.3. The molecule has 0 fully saturated rings. The summed E-state index contributed by atoms with van der Waals surface area (Å²) in [6.07, 6.45) is -2.60. The normalized spacial score (nSPS) is 20.6. The van der Waals surface area contributed by atoms with Gasteiger partial charge in [0.05, 0.1) is 22.1 Å². The van der Waals surface area contributed by atoms with E-state index in [1.807, 2.05) is 0 Å². The molecule has 0 spiro atoms. The number of dihydropyridines is 1. The van der Waals surface area contributed by atoms with Gasteiger partial charge < -0.3 is 10.1 Å². The van der Waals surface area contributed by atoms with E-state index in [1.54, 1.807) is 13.8 Å². The smallest absolute Gasteiger partial charge is 0.416 e. The van der Waals surface area contributed by atoms with Gasteiger partial charge in [-0.2, -0.15) is 13.2 Å². The molecule has 1 atom stereocenters. The number of ether oxygens (including phenoxy) is 1. The molecule has 4 nitrogen and oxygen atoms in total. The third-order valence-electron chi connectivity index (χ3n) is 5.75. The fourth-order valence-corrected chi connectivity index (χ4v) is 4.28. The number of hydrogen-bond donors (Lipinski definition) is 1. The van der Waals surface area contributed by atoms with Crippen molar-refractivity contribution in [3.8, 4) is 0 Å². The van der Waals surface area contributed by atoms with Gasteiger partial charge in [0.2, 0.25) is 0 Å². The average Bonchev–Trinajstić information content (AvgIpc) is 2.69. The Balaban J connectivity index is 2.32. The van der Waals surface area contributed by atoms with Gasteiger partial charge in [-0.05, 0) is 31.9 Å². The molecule has 1 aromatic carbocycles. The highest BCUT2D eigenvalue weighted by atomic mass is 35.5. The molecular formula is C23H22ClF4NO3. The number of Topliss-reactive ketones (excluding diaryl/α,β-unsaturated/α-hetero) is 1. The number of ketones is 1. The molecule has 1 N–H and O–H groups in total. The maximum absolute atomic E-state index is 15.2. The van der Waals surface area contributed by atoms with Crippen molar-refractivity contribution in [2.24, 2.45) is 5.41 Å². The number of benzene rings is 1. The van der Waals surface area contributed by atoms with Crippen LogP contribution in [0.2, 0.25) is 5.02 Å². The highest BCUT2D eigenvalue weighted by Crippen LogP contribution is 2.49. The molecule has 0 amide bonds. The first-order chi connectivity index (χ1) is 14.8. The van der Waals surface area contributed by atoms with Gasteiger partial charge in [-0.15, -0.1) is 0 Å². The number of nitrogens with one attached hydrogen (secondary N) is 1. The molecule has 0 bridgehead atoms. The number of allylic oxidation sites excluding steroid dienone is 3. The number of alkyl halides is 3. The van der Waals surface area contributed by atoms with Gasteiger partial charge in [-0.1, -0.05) is 38.1 Å². The van der Waals surface area contributed by atoms with Crippen molar-refractivity contribution in [1.29, 1.82) is 0 Å². The number of esters is 1. The predicted molar refractivity (Wildman–Crippen MR) is 111 cm³/mol. The second-order valence-electron chi connectivity index (χ2n) is 8.45. The molecule has 3 rings (SSSR count). The summed E-state index contributed by atoms with van der Waals surface area (Å²) < 4.78 is 60.8. The standard InChI is InChI=1S/C23H22ClF4NO3/c1-5-8-32-21(31)16-11(2)29-15-6-7-22(3,4)20(30)18(15)17(16)13-9-12(23(26,27)28)10-14(24)19(13)25/h5,9-10,17,29H,1,6-8H2,2-4H3. The van der Waals surface area contributed by atoms with Crippen LogP contribution in [0.1, 0.15) is 50.7 Å². The van der Waals surface area contributed by atoms with Crippen LogP contribution in [0.25, 0.3) is 0 Å². The van der Waals surface area contributed by atoms with Crippen LogP contribution < -0.4 is 5.32 Å². The van der Waals surface area contributed by atoms with Gasteiger partial charge in [0.25, 0.3) is 0 Å². The lowest BCUT2D eigenvalue weighted by Crippen LogP contribution is -2.41.